The van der Waals surface area contributed by atoms with Crippen LogP contribution in [0.5, 0.6) is 0 Å². The fourth-order valence-corrected chi connectivity index (χ4v) is 4.44. The van der Waals surface area contributed by atoms with E-state index < -0.39 is 5.60 Å². The van der Waals surface area contributed by atoms with Crippen molar-refractivity contribution in [3.63, 3.8) is 0 Å². The quantitative estimate of drug-likeness (QED) is 0.746. The van der Waals surface area contributed by atoms with Gasteiger partial charge in [0.05, 0.1) is 12.2 Å². The van der Waals surface area contributed by atoms with E-state index in [9.17, 15) is 10.2 Å². The molecule has 0 aromatic heterocycles. The van der Waals surface area contributed by atoms with Crippen molar-refractivity contribution in [1.29, 1.82) is 0 Å². The Balaban J connectivity index is 1.88. The number of rotatable bonds is 2. The van der Waals surface area contributed by atoms with E-state index in [0.717, 1.165) is 25.7 Å². The van der Waals surface area contributed by atoms with E-state index in [1.807, 2.05) is 0 Å². The summed E-state index contributed by atoms with van der Waals surface area (Å²) < 4.78 is 5.39. The second-order valence-electron chi connectivity index (χ2n) is 6.06. The lowest BCUT2D eigenvalue weighted by atomic mass is 9.61. The summed E-state index contributed by atoms with van der Waals surface area (Å²) >= 11 is 0. The van der Waals surface area contributed by atoms with Crippen LogP contribution >= 0.6 is 0 Å². The zero-order valence-electron chi connectivity index (χ0n) is 9.82. The van der Waals surface area contributed by atoms with Gasteiger partial charge in [-0.1, -0.05) is 0 Å². The summed E-state index contributed by atoms with van der Waals surface area (Å²) in [6, 6.07) is 0. The minimum Gasteiger partial charge on any atom is -0.396 e. The molecule has 2 bridgehead atoms. The van der Waals surface area contributed by atoms with Gasteiger partial charge in [-0.25, -0.2) is 0 Å². The van der Waals surface area contributed by atoms with Crippen LogP contribution in [0.1, 0.15) is 38.5 Å². The first-order valence-corrected chi connectivity index (χ1v) is 6.61. The van der Waals surface area contributed by atoms with Gasteiger partial charge in [-0.3, -0.25) is 0 Å². The van der Waals surface area contributed by atoms with Crippen LogP contribution in [-0.2, 0) is 4.74 Å². The first-order chi connectivity index (χ1) is 7.70. The number of aliphatic hydroxyl groups excluding tert-OH is 1. The van der Waals surface area contributed by atoms with Crippen molar-refractivity contribution in [2.75, 3.05) is 19.8 Å². The van der Waals surface area contributed by atoms with Crippen LogP contribution in [0.2, 0.25) is 0 Å². The molecule has 2 N–H and O–H groups in total. The Morgan fingerprint density at radius 1 is 1.19 bits per heavy atom. The standard InChI is InChI=1S/C13H22O3/c14-9-12(3-5-16-6-4-12)13(15)8-10-1-2-11(13)7-10/h10-11,14-15H,1-9H2. The van der Waals surface area contributed by atoms with Gasteiger partial charge in [0.2, 0.25) is 0 Å². The maximum atomic E-state index is 11.0. The Hall–Kier alpha value is -0.120. The maximum Gasteiger partial charge on any atom is 0.0758 e. The smallest absolute Gasteiger partial charge is 0.0758 e. The first-order valence-electron chi connectivity index (χ1n) is 6.61. The van der Waals surface area contributed by atoms with E-state index in [0.29, 0.717) is 25.0 Å². The van der Waals surface area contributed by atoms with Crippen LogP contribution in [0.25, 0.3) is 0 Å². The van der Waals surface area contributed by atoms with E-state index in [4.69, 9.17) is 4.74 Å². The molecule has 92 valence electrons. The highest BCUT2D eigenvalue weighted by molar-refractivity contribution is 5.11. The van der Waals surface area contributed by atoms with E-state index in [1.54, 1.807) is 0 Å². The maximum absolute atomic E-state index is 11.0. The van der Waals surface area contributed by atoms with Gasteiger partial charge in [0.1, 0.15) is 0 Å². The lowest BCUT2D eigenvalue weighted by Gasteiger charge is -2.50. The summed E-state index contributed by atoms with van der Waals surface area (Å²) in [6.45, 7) is 1.51. The van der Waals surface area contributed by atoms with Crippen LogP contribution in [0.4, 0.5) is 0 Å². The van der Waals surface area contributed by atoms with E-state index in [2.05, 4.69) is 0 Å². The molecule has 3 heteroatoms. The third kappa shape index (κ3) is 1.31. The normalized spacial score (nSPS) is 46.1. The SMILES string of the molecule is OCC1(C2(O)CC3CCC2C3)CCOCC1. The highest BCUT2D eigenvalue weighted by Crippen LogP contribution is 2.59. The summed E-state index contributed by atoms with van der Waals surface area (Å²) in [6.07, 6.45) is 6.18. The summed E-state index contributed by atoms with van der Waals surface area (Å²) in [7, 11) is 0. The molecule has 3 atom stereocenters. The molecule has 0 radical (unpaired) electrons. The van der Waals surface area contributed by atoms with Crippen molar-refractivity contribution in [2.24, 2.45) is 17.3 Å². The van der Waals surface area contributed by atoms with Crippen molar-refractivity contribution >= 4 is 0 Å². The molecule has 3 nitrogen and oxygen atoms in total. The highest BCUT2D eigenvalue weighted by atomic mass is 16.5. The minimum absolute atomic E-state index is 0.121. The number of hydrogen-bond donors (Lipinski definition) is 2. The zero-order chi connectivity index (χ0) is 11.2. The molecule has 3 rings (SSSR count). The lowest BCUT2D eigenvalue weighted by Crippen LogP contribution is -2.56. The molecule has 0 amide bonds. The van der Waals surface area contributed by atoms with Gasteiger partial charge in [0, 0.05) is 18.6 Å². The largest absolute Gasteiger partial charge is 0.396 e. The molecule has 0 aromatic rings. The van der Waals surface area contributed by atoms with Crippen LogP contribution in [0.3, 0.4) is 0 Å². The average Bonchev–Trinajstić information content (AvgIpc) is 2.90. The van der Waals surface area contributed by atoms with Gasteiger partial charge in [-0.2, -0.15) is 0 Å². The Kier molecular flexibility index (Phi) is 2.54. The minimum atomic E-state index is -0.603. The average molecular weight is 226 g/mol. The van der Waals surface area contributed by atoms with Crippen LogP contribution in [0, 0.1) is 17.3 Å². The van der Waals surface area contributed by atoms with Gasteiger partial charge in [-0.15, -0.1) is 0 Å². The van der Waals surface area contributed by atoms with Crippen molar-refractivity contribution in [3.8, 4) is 0 Å². The molecule has 2 aliphatic carbocycles. The van der Waals surface area contributed by atoms with Gasteiger partial charge in [0.25, 0.3) is 0 Å². The topological polar surface area (TPSA) is 49.7 Å². The summed E-state index contributed by atoms with van der Waals surface area (Å²) in [5, 5.41) is 20.8. The van der Waals surface area contributed by atoms with Crippen molar-refractivity contribution < 1.29 is 14.9 Å². The van der Waals surface area contributed by atoms with Gasteiger partial charge in [-0.05, 0) is 50.4 Å². The molecule has 1 heterocycles. The predicted octanol–water partition coefficient (Wildman–Crippen LogP) is 1.33. The Bertz CT molecular complexity index is 272. The Morgan fingerprint density at radius 2 is 1.94 bits per heavy atom. The molecule has 0 aromatic carbocycles. The van der Waals surface area contributed by atoms with Crippen LogP contribution in [0.15, 0.2) is 0 Å². The molecule has 16 heavy (non-hydrogen) atoms. The molecule has 3 unspecified atom stereocenters. The van der Waals surface area contributed by atoms with Gasteiger partial charge < -0.3 is 14.9 Å². The number of aliphatic hydroxyl groups is 2. The zero-order valence-corrected chi connectivity index (χ0v) is 9.82. The molecular formula is C13H22O3. The number of fused-ring (bicyclic) bond motifs is 2. The Morgan fingerprint density at radius 3 is 2.44 bits per heavy atom. The third-order valence-electron chi connectivity index (χ3n) is 5.49. The van der Waals surface area contributed by atoms with Crippen molar-refractivity contribution in [3.05, 3.63) is 0 Å². The number of ether oxygens (including phenoxy) is 1. The van der Waals surface area contributed by atoms with E-state index >= 15 is 0 Å². The summed E-state index contributed by atoms with van der Waals surface area (Å²) in [5.41, 5.74) is -0.875. The van der Waals surface area contributed by atoms with Gasteiger partial charge in [0.15, 0.2) is 0 Å². The monoisotopic (exact) mass is 226 g/mol. The van der Waals surface area contributed by atoms with Crippen LogP contribution < -0.4 is 0 Å². The Labute approximate surface area is 96.8 Å². The number of hydrogen-bond acceptors (Lipinski definition) is 3. The van der Waals surface area contributed by atoms with E-state index in [1.165, 1.54) is 12.8 Å². The van der Waals surface area contributed by atoms with Crippen molar-refractivity contribution in [2.45, 2.75) is 44.1 Å². The molecule has 1 saturated heterocycles. The summed E-state index contributed by atoms with van der Waals surface area (Å²) in [4.78, 5) is 0. The van der Waals surface area contributed by atoms with Gasteiger partial charge >= 0.3 is 0 Å². The third-order valence-corrected chi connectivity index (χ3v) is 5.49. The van der Waals surface area contributed by atoms with Crippen molar-refractivity contribution in [1.82, 2.24) is 0 Å². The molecule has 1 aliphatic heterocycles. The fourth-order valence-electron chi connectivity index (χ4n) is 4.44. The fraction of sp³-hybridized carbons (Fsp3) is 1.00. The second kappa shape index (κ2) is 3.69. The summed E-state index contributed by atoms with van der Waals surface area (Å²) in [5.74, 6) is 1.14. The van der Waals surface area contributed by atoms with E-state index in [-0.39, 0.29) is 12.0 Å². The molecule has 0 spiro atoms. The second-order valence-corrected chi connectivity index (χ2v) is 6.06. The molecule has 3 fully saturated rings. The molecular weight excluding hydrogens is 204 g/mol. The highest BCUT2D eigenvalue weighted by Gasteiger charge is 2.60. The molecule has 3 aliphatic rings. The molecule has 2 saturated carbocycles. The van der Waals surface area contributed by atoms with Crippen LogP contribution in [-0.4, -0.2) is 35.6 Å². The lowest BCUT2D eigenvalue weighted by molar-refractivity contribution is -0.178. The predicted molar refractivity (Wildman–Crippen MR) is 60.0 cm³/mol. The first kappa shape index (κ1) is 11.0.